The number of halogens is 3. The minimum Gasteiger partial charge on any atom is -0.399 e. The molecule has 0 saturated heterocycles. The summed E-state index contributed by atoms with van der Waals surface area (Å²) < 4.78 is 37.5. The summed E-state index contributed by atoms with van der Waals surface area (Å²) >= 11 is 0. The van der Waals surface area contributed by atoms with Crippen LogP contribution in [0.1, 0.15) is 11.1 Å². The first kappa shape index (κ1) is 11.6. The van der Waals surface area contributed by atoms with Crippen LogP contribution in [-0.2, 0) is 6.18 Å². The van der Waals surface area contributed by atoms with Gasteiger partial charge in [0.2, 0.25) is 0 Å². The molecule has 0 amide bonds. The number of hydrogen-bond acceptors (Lipinski definition) is 2. The fourth-order valence-electron chi connectivity index (χ4n) is 1.14. The smallest absolute Gasteiger partial charge is 0.399 e. The van der Waals surface area contributed by atoms with Gasteiger partial charge in [-0.25, -0.2) is 0 Å². The minimum atomic E-state index is -4.44. The third-order valence-electron chi connectivity index (χ3n) is 1.79. The summed E-state index contributed by atoms with van der Waals surface area (Å²) in [5.74, 6) is 0. The highest BCUT2D eigenvalue weighted by molar-refractivity contribution is 5.59. The zero-order chi connectivity index (χ0) is 11.5. The van der Waals surface area contributed by atoms with E-state index in [1.54, 1.807) is 0 Å². The third kappa shape index (κ3) is 2.99. The Morgan fingerprint density at radius 1 is 1.33 bits per heavy atom. The predicted octanol–water partition coefficient (Wildman–Crippen LogP) is 2.29. The highest BCUT2D eigenvalue weighted by Crippen LogP contribution is 2.33. The number of nitrogen functional groups attached to an aromatic ring is 1. The lowest BCUT2D eigenvalue weighted by atomic mass is 10.1. The molecule has 3 N–H and O–H groups in total. The zero-order valence-corrected chi connectivity index (χ0v) is 7.75. The van der Waals surface area contributed by atoms with Crippen LogP contribution in [0.5, 0.6) is 0 Å². The lowest BCUT2D eigenvalue weighted by molar-refractivity contribution is -0.137. The Bertz CT molecular complexity index is 371. The van der Waals surface area contributed by atoms with Gasteiger partial charge in [-0.15, -0.1) is 0 Å². The molecule has 0 aliphatic heterocycles. The molecule has 15 heavy (non-hydrogen) atoms. The van der Waals surface area contributed by atoms with Crippen molar-refractivity contribution in [3.05, 3.63) is 35.4 Å². The van der Waals surface area contributed by atoms with Crippen LogP contribution in [0.25, 0.3) is 6.08 Å². The van der Waals surface area contributed by atoms with Crippen molar-refractivity contribution in [2.45, 2.75) is 6.18 Å². The largest absolute Gasteiger partial charge is 0.417 e. The second-order valence-electron chi connectivity index (χ2n) is 2.93. The molecule has 0 spiro atoms. The van der Waals surface area contributed by atoms with E-state index in [2.05, 4.69) is 0 Å². The molecule has 1 aromatic rings. The molecule has 0 aromatic heterocycles. The van der Waals surface area contributed by atoms with Crippen LogP contribution in [0.2, 0.25) is 0 Å². The average Bonchev–Trinajstić information content (AvgIpc) is 2.14. The predicted molar refractivity (Wildman–Crippen MR) is 52.0 cm³/mol. The first-order valence-corrected chi connectivity index (χ1v) is 4.19. The van der Waals surface area contributed by atoms with E-state index in [1.165, 1.54) is 24.3 Å². The van der Waals surface area contributed by atoms with E-state index in [0.29, 0.717) is 0 Å². The molecule has 1 aromatic carbocycles. The molecule has 0 atom stereocenters. The Hall–Kier alpha value is -1.49. The number of aliphatic hydroxyl groups excluding tert-OH is 1. The molecule has 0 fully saturated rings. The number of rotatable bonds is 2. The van der Waals surface area contributed by atoms with Crippen molar-refractivity contribution in [2.24, 2.45) is 0 Å². The highest BCUT2D eigenvalue weighted by Gasteiger charge is 2.32. The fourth-order valence-corrected chi connectivity index (χ4v) is 1.14. The Balaban J connectivity index is 3.21. The van der Waals surface area contributed by atoms with Gasteiger partial charge in [-0.2, -0.15) is 13.2 Å². The van der Waals surface area contributed by atoms with Gasteiger partial charge in [-0.1, -0.05) is 18.2 Å². The van der Waals surface area contributed by atoms with E-state index in [9.17, 15) is 13.2 Å². The first-order chi connectivity index (χ1) is 6.95. The summed E-state index contributed by atoms with van der Waals surface area (Å²) in [5, 5.41) is 8.48. The van der Waals surface area contributed by atoms with Crippen LogP contribution in [0.4, 0.5) is 18.9 Å². The summed E-state index contributed by atoms with van der Waals surface area (Å²) in [5.41, 5.74) is 4.53. The van der Waals surface area contributed by atoms with Crippen molar-refractivity contribution < 1.29 is 18.3 Å². The number of alkyl halides is 3. The number of hydrogen-bond donors (Lipinski definition) is 2. The number of aliphatic hydroxyl groups is 1. The fraction of sp³-hybridized carbons (Fsp3) is 0.200. The van der Waals surface area contributed by atoms with Gasteiger partial charge < -0.3 is 10.8 Å². The van der Waals surface area contributed by atoms with Gasteiger partial charge in [-0.3, -0.25) is 0 Å². The molecule has 0 saturated carbocycles. The van der Waals surface area contributed by atoms with E-state index >= 15 is 0 Å². The van der Waals surface area contributed by atoms with Crippen LogP contribution < -0.4 is 5.73 Å². The first-order valence-electron chi connectivity index (χ1n) is 4.19. The Kier molecular flexibility index (Phi) is 3.36. The summed E-state index contributed by atoms with van der Waals surface area (Å²) in [6.45, 7) is -0.304. The minimum absolute atomic E-state index is 0.00856. The molecule has 0 aliphatic rings. The van der Waals surface area contributed by atoms with E-state index in [4.69, 9.17) is 10.8 Å². The molecule has 1 rings (SSSR count). The van der Waals surface area contributed by atoms with Crippen LogP contribution in [-0.4, -0.2) is 11.7 Å². The van der Waals surface area contributed by atoms with Crippen molar-refractivity contribution in [1.82, 2.24) is 0 Å². The summed E-state index contributed by atoms with van der Waals surface area (Å²) in [6, 6.07) is 3.52. The zero-order valence-electron chi connectivity index (χ0n) is 7.75. The number of benzene rings is 1. The van der Waals surface area contributed by atoms with Crippen LogP contribution in [0, 0.1) is 0 Å². The molecule has 5 heteroatoms. The van der Waals surface area contributed by atoms with E-state index in [-0.39, 0.29) is 17.9 Å². The van der Waals surface area contributed by atoms with Gasteiger partial charge in [0.25, 0.3) is 0 Å². The lowest BCUT2D eigenvalue weighted by Crippen LogP contribution is -2.08. The Morgan fingerprint density at radius 3 is 2.53 bits per heavy atom. The topological polar surface area (TPSA) is 46.2 Å². The molecule has 0 heterocycles. The van der Waals surface area contributed by atoms with Gasteiger partial charge in [0.15, 0.2) is 0 Å². The van der Waals surface area contributed by atoms with Gasteiger partial charge in [0.1, 0.15) is 0 Å². The molecule has 0 bridgehead atoms. The van der Waals surface area contributed by atoms with E-state index in [1.807, 2.05) is 0 Å². The number of anilines is 1. The molecule has 82 valence electrons. The van der Waals surface area contributed by atoms with Gasteiger partial charge in [-0.05, 0) is 17.7 Å². The van der Waals surface area contributed by atoms with E-state index in [0.717, 1.165) is 6.07 Å². The maximum absolute atomic E-state index is 12.5. The van der Waals surface area contributed by atoms with Crippen molar-refractivity contribution in [3.63, 3.8) is 0 Å². The monoisotopic (exact) mass is 217 g/mol. The average molecular weight is 217 g/mol. The lowest BCUT2D eigenvalue weighted by Gasteiger charge is -2.10. The molecule has 0 aliphatic carbocycles. The summed E-state index contributed by atoms with van der Waals surface area (Å²) in [6.07, 6.45) is -1.99. The normalized spacial score (nSPS) is 12.3. The summed E-state index contributed by atoms with van der Waals surface area (Å²) in [4.78, 5) is 0. The third-order valence-corrected chi connectivity index (χ3v) is 1.79. The Morgan fingerprint density at radius 2 is 2.00 bits per heavy atom. The van der Waals surface area contributed by atoms with Crippen LogP contribution in [0.3, 0.4) is 0 Å². The van der Waals surface area contributed by atoms with Gasteiger partial charge >= 0.3 is 6.18 Å². The standard InChI is InChI=1S/C10H10F3NO/c11-10(12,13)9-6-8(14)4-3-7(9)2-1-5-15/h1-4,6,15H,5,14H2. The SMILES string of the molecule is Nc1ccc(C=CCO)c(C(F)(F)F)c1. The summed E-state index contributed by atoms with van der Waals surface area (Å²) in [7, 11) is 0. The maximum atomic E-state index is 12.5. The van der Waals surface area contributed by atoms with Crippen molar-refractivity contribution >= 4 is 11.8 Å². The Labute approximate surface area is 84.8 Å². The second-order valence-corrected chi connectivity index (χ2v) is 2.93. The van der Waals surface area contributed by atoms with Gasteiger partial charge in [0.05, 0.1) is 12.2 Å². The van der Waals surface area contributed by atoms with Crippen molar-refractivity contribution in [3.8, 4) is 0 Å². The molecule has 0 radical (unpaired) electrons. The van der Waals surface area contributed by atoms with Crippen molar-refractivity contribution in [1.29, 1.82) is 0 Å². The highest BCUT2D eigenvalue weighted by atomic mass is 19.4. The molecular weight excluding hydrogens is 207 g/mol. The molecule has 0 unspecified atom stereocenters. The van der Waals surface area contributed by atoms with Crippen molar-refractivity contribution in [2.75, 3.05) is 12.3 Å². The molecule has 2 nitrogen and oxygen atoms in total. The van der Waals surface area contributed by atoms with Crippen LogP contribution >= 0.6 is 0 Å². The number of nitrogens with two attached hydrogens (primary N) is 1. The van der Waals surface area contributed by atoms with Crippen LogP contribution in [0.15, 0.2) is 24.3 Å². The molecular formula is C10H10F3NO. The second kappa shape index (κ2) is 4.35. The quantitative estimate of drug-likeness (QED) is 0.746. The maximum Gasteiger partial charge on any atom is 0.417 e. The van der Waals surface area contributed by atoms with Gasteiger partial charge in [0, 0.05) is 5.69 Å². The van der Waals surface area contributed by atoms with E-state index < -0.39 is 11.7 Å².